The second-order valence-corrected chi connectivity index (χ2v) is 5.51. The highest BCUT2D eigenvalue weighted by atomic mass is 16.5. The van der Waals surface area contributed by atoms with E-state index in [0.29, 0.717) is 0 Å². The first-order valence-corrected chi connectivity index (χ1v) is 7.44. The van der Waals surface area contributed by atoms with Gasteiger partial charge in [-0.2, -0.15) is 0 Å². The van der Waals surface area contributed by atoms with Crippen molar-refractivity contribution in [2.24, 2.45) is 0 Å². The predicted molar refractivity (Wildman–Crippen MR) is 78.8 cm³/mol. The summed E-state index contributed by atoms with van der Waals surface area (Å²) in [6.45, 7) is 6.59. The van der Waals surface area contributed by atoms with E-state index in [1.165, 1.54) is 49.0 Å². The fourth-order valence-electron chi connectivity index (χ4n) is 3.09. The molecule has 0 amide bonds. The van der Waals surface area contributed by atoms with Crippen molar-refractivity contribution < 1.29 is 4.52 Å². The maximum Gasteiger partial charge on any atom is 0.172 e. The summed E-state index contributed by atoms with van der Waals surface area (Å²) in [7, 11) is 0. The normalized spacial score (nSPS) is 16.2. The Morgan fingerprint density at radius 1 is 1.21 bits per heavy atom. The van der Waals surface area contributed by atoms with E-state index in [4.69, 9.17) is 4.52 Å². The van der Waals surface area contributed by atoms with Gasteiger partial charge in [0.05, 0.1) is 5.69 Å². The van der Waals surface area contributed by atoms with E-state index in [2.05, 4.69) is 29.1 Å². The van der Waals surface area contributed by atoms with Gasteiger partial charge in [0.1, 0.15) is 0 Å². The molecule has 1 aliphatic rings. The number of hydrogen-bond acceptors (Lipinski definition) is 3. The van der Waals surface area contributed by atoms with E-state index in [9.17, 15) is 0 Å². The van der Waals surface area contributed by atoms with Crippen LogP contribution in [0, 0.1) is 6.92 Å². The van der Waals surface area contributed by atoms with E-state index < -0.39 is 0 Å². The fraction of sp³-hybridized carbons (Fsp3) is 0.562. The molecule has 1 aliphatic heterocycles. The highest BCUT2D eigenvalue weighted by Crippen LogP contribution is 2.33. The molecule has 19 heavy (non-hydrogen) atoms. The third-order valence-corrected chi connectivity index (χ3v) is 4.10. The van der Waals surface area contributed by atoms with Crippen molar-refractivity contribution >= 4 is 16.7 Å². The summed E-state index contributed by atoms with van der Waals surface area (Å²) < 4.78 is 5.59. The third-order valence-electron chi connectivity index (χ3n) is 4.10. The van der Waals surface area contributed by atoms with Gasteiger partial charge in [0.25, 0.3) is 0 Å². The minimum absolute atomic E-state index is 0.998. The summed E-state index contributed by atoms with van der Waals surface area (Å²) in [5, 5.41) is 5.30. The minimum atomic E-state index is 0.998. The van der Waals surface area contributed by atoms with Crippen LogP contribution in [0.4, 0.5) is 5.69 Å². The second-order valence-electron chi connectivity index (χ2n) is 5.51. The van der Waals surface area contributed by atoms with Crippen molar-refractivity contribution in [3.63, 3.8) is 0 Å². The van der Waals surface area contributed by atoms with E-state index in [-0.39, 0.29) is 0 Å². The van der Waals surface area contributed by atoms with Crippen molar-refractivity contribution in [3.8, 4) is 0 Å². The average molecular weight is 258 g/mol. The summed E-state index contributed by atoms with van der Waals surface area (Å²) in [5.41, 5.74) is 4.72. The van der Waals surface area contributed by atoms with Crippen molar-refractivity contribution in [2.75, 3.05) is 18.0 Å². The molecule has 1 fully saturated rings. The van der Waals surface area contributed by atoms with Gasteiger partial charge in [0.2, 0.25) is 0 Å². The molecule has 3 nitrogen and oxygen atoms in total. The summed E-state index contributed by atoms with van der Waals surface area (Å²) in [6.07, 6.45) is 6.18. The first kappa shape index (κ1) is 12.5. The standard InChI is InChI=1S/C16H22N2O/c1-3-7-14-15(18-10-5-4-6-11-18)9-8-13-12(2)17-19-16(13)14/h8-9H,3-7,10-11H2,1-2H3. The Hall–Kier alpha value is -1.51. The Labute approximate surface area is 114 Å². The Morgan fingerprint density at radius 3 is 2.74 bits per heavy atom. The smallest absolute Gasteiger partial charge is 0.172 e. The molecular weight excluding hydrogens is 236 g/mol. The van der Waals surface area contributed by atoms with E-state index in [1.807, 2.05) is 6.92 Å². The molecule has 1 aromatic carbocycles. The Balaban J connectivity index is 2.09. The van der Waals surface area contributed by atoms with Gasteiger partial charge in [0, 0.05) is 29.7 Å². The van der Waals surface area contributed by atoms with Crippen molar-refractivity contribution in [3.05, 3.63) is 23.4 Å². The fourth-order valence-corrected chi connectivity index (χ4v) is 3.09. The van der Waals surface area contributed by atoms with Crippen LogP contribution in [0.15, 0.2) is 16.7 Å². The zero-order valence-corrected chi connectivity index (χ0v) is 11.9. The van der Waals surface area contributed by atoms with Crippen molar-refractivity contribution in [1.29, 1.82) is 0 Å². The molecule has 2 heterocycles. The van der Waals surface area contributed by atoms with Crippen LogP contribution in [-0.2, 0) is 6.42 Å². The monoisotopic (exact) mass is 258 g/mol. The largest absolute Gasteiger partial charge is 0.371 e. The molecule has 102 valence electrons. The molecule has 0 bridgehead atoms. The maximum atomic E-state index is 5.59. The zero-order chi connectivity index (χ0) is 13.2. The highest BCUT2D eigenvalue weighted by Gasteiger charge is 2.19. The number of aromatic nitrogens is 1. The molecular formula is C16H22N2O. The molecule has 0 aliphatic carbocycles. The second kappa shape index (κ2) is 5.24. The number of fused-ring (bicyclic) bond motifs is 1. The van der Waals surface area contributed by atoms with Gasteiger partial charge in [-0.05, 0) is 44.7 Å². The SMILES string of the molecule is CCCc1c(N2CCCCC2)ccc2c(C)noc12. The van der Waals surface area contributed by atoms with Crippen LogP contribution in [0.25, 0.3) is 11.0 Å². The van der Waals surface area contributed by atoms with Gasteiger partial charge in [0.15, 0.2) is 5.58 Å². The minimum Gasteiger partial charge on any atom is -0.371 e. The lowest BCUT2D eigenvalue weighted by Gasteiger charge is -2.30. The van der Waals surface area contributed by atoms with Crippen LogP contribution < -0.4 is 4.90 Å². The average Bonchev–Trinajstić information content (AvgIpc) is 2.83. The van der Waals surface area contributed by atoms with Gasteiger partial charge in [-0.15, -0.1) is 0 Å². The number of hydrogen-bond donors (Lipinski definition) is 0. The van der Waals surface area contributed by atoms with Crippen LogP contribution in [0.1, 0.15) is 43.9 Å². The highest BCUT2D eigenvalue weighted by molar-refractivity contribution is 5.87. The molecule has 1 saturated heterocycles. The molecule has 3 rings (SSSR count). The van der Waals surface area contributed by atoms with Crippen molar-refractivity contribution in [1.82, 2.24) is 5.16 Å². The van der Waals surface area contributed by atoms with Crippen molar-refractivity contribution in [2.45, 2.75) is 46.0 Å². The van der Waals surface area contributed by atoms with Crippen LogP contribution in [0.2, 0.25) is 0 Å². The number of benzene rings is 1. The summed E-state index contributed by atoms with van der Waals surface area (Å²) >= 11 is 0. The lowest BCUT2D eigenvalue weighted by atomic mass is 10.0. The van der Waals surface area contributed by atoms with Crippen LogP contribution in [0.5, 0.6) is 0 Å². The quantitative estimate of drug-likeness (QED) is 0.830. The lowest BCUT2D eigenvalue weighted by Crippen LogP contribution is -2.30. The van der Waals surface area contributed by atoms with Gasteiger partial charge in [-0.1, -0.05) is 18.5 Å². The topological polar surface area (TPSA) is 29.3 Å². The molecule has 0 atom stereocenters. The van der Waals surface area contributed by atoms with Crippen LogP contribution >= 0.6 is 0 Å². The molecule has 0 unspecified atom stereocenters. The molecule has 3 heteroatoms. The van der Waals surface area contributed by atoms with Gasteiger partial charge in [-0.25, -0.2) is 0 Å². The summed E-state index contributed by atoms with van der Waals surface area (Å²) in [4.78, 5) is 2.52. The Bertz CT molecular complexity index is 567. The number of anilines is 1. The zero-order valence-electron chi connectivity index (χ0n) is 11.9. The van der Waals surface area contributed by atoms with Gasteiger partial charge >= 0.3 is 0 Å². The predicted octanol–water partition coefficient (Wildman–Crippen LogP) is 4.08. The van der Waals surface area contributed by atoms with E-state index in [0.717, 1.165) is 24.1 Å². The summed E-state index contributed by atoms with van der Waals surface area (Å²) in [6, 6.07) is 4.44. The van der Waals surface area contributed by atoms with Gasteiger partial charge < -0.3 is 9.42 Å². The molecule has 1 aromatic heterocycles. The number of rotatable bonds is 3. The number of aryl methyl sites for hydroxylation is 2. The molecule has 0 spiro atoms. The van der Waals surface area contributed by atoms with E-state index >= 15 is 0 Å². The molecule has 2 aromatic rings. The molecule has 0 N–H and O–H groups in total. The maximum absolute atomic E-state index is 5.59. The van der Waals surface area contributed by atoms with Crippen LogP contribution in [0.3, 0.4) is 0 Å². The number of nitrogens with zero attached hydrogens (tertiary/aromatic N) is 2. The summed E-state index contributed by atoms with van der Waals surface area (Å²) in [5.74, 6) is 0. The van der Waals surface area contributed by atoms with Gasteiger partial charge in [-0.3, -0.25) is 0 Å². The van der Waals surface area contributed by atoms with E-state index in [1.54, 1.807) is 0 Å². The number of piperidine rings is 1. The first-order valence-electron chi connectivity index (χ1n) is 7.44. The third kappa shape index (κ3) is 2.22. The Kier molecular flexibility index (Phi) is 3.45. The molecule has 0 radical (unpaired) electrons. The Morgan fingerprint density at radius 2 is 2.00 bits per heavy atom. The van der Waals surface area contributed by atoms with Crippen LogP contribution in [-0.4, -0.2) is 18.2 Å². The molecule has 0 saturated carbocycles. The lowest BCUT2D eigenvalue weighted by molar-refractivity contribution is 0.447. The first-order chi connectivity index (χ1) is 9.31.